The van der Waals surface area contributed by atoms with E-state index in [2.05, 4.69) is 5.10 Å². The number of aliphatic carboxylic acids is 1. The molecule has 7 nitrogen and oxygen atoms in total. The topological polar surface area (TPSA) is 84.7 Å². The summed E-state index contributed by atoms with van der Waals surface area (Å²) in [7, 11) is 1.80. The number of hydrogen-bond donors (Lipinski definition) is 1. The van der Waals surface area contributed by atoms with Crippen molar-refractivity contribution in [2.45, 2.75) is 32.7 Å². The maximum absolute atomic E-state index is 12.1. The van der Waals surface area contributed by atoms with Crippen molar-refractivity contribution in [1.82, 2.24) is 14.7 Å². The Morgan fingerprint density at radius 1 is 1.45 bits per heavy atom. The molecule has 1 atom stereocenters. The molecule has 1 aliphatic heterocycles. The Morgan fingerprint density at radius 3 is 2.70 bits per heavy atom. The molecule has 1 aliphatic rings. The van der Waals surface area contributed by atoms with E-state index in [1.54, 1.807) is 11.7 Å². The zero-order valence-corrected chi connectivity index (χ0v) is 11.9. The molecule has 0 spiro atoms. The molecule has 20 heavy (non-hydrogen) atoms. The third-order valence-corrected chi connectivity index (χ3v) is 3.64. The van der Waals surface area contributed by atoms with Gasteiger partial charge >= 0.3 is 5.97 Å². The highest BCUT2D eigenvalue weighted by molar-refractivity contribution is 5.85. The van der Waals surface area contributed by atoms with Crippen molar-refractivity contribution in [3.63, 3.8) is 0 Å². The minimum Gasteiger partial charge on any atom is -0.480 e. The quantitative estimate of drug-likeness (QED) is 0.868. The number of carbonyl (C=O) groups is 2. The summed E-state index contributed by atoms with van der Waals surface area (Å²) in [5, 5.41) is 13.3. The van der Waals surface area contributed by atoms with Crippen molar-refractivity contribution in [3.05, 3.63) is 11.4 Å². The molecule has 0 aromatic carbocycles. The molecule has 1 aromatic heterocycles. The highest BCUT2D eigenvalue weighted by atomic mass is 16.5. The number of carbonyl (C=O) groups excluding carboxylic acids is 1. The number of likely N-dealkylation sites (tertiary alicyclic amines) is 1. The number of carboxylic acids is 1. The van der Waals surface area contributed by atoms with E-state index in [1.807, 2.05) is 13.8 Å². The fourth-order valence-electron chi connectivity index (χ4n) is 2.50. The minimum absolute atomic E-state index is 0.156. The average Bonchev–Trinajstić information content (AvgIpc) is 2.95. The normalized spacial score (nSPS) is 18.4. The van der Waals surface area contributed by atoms with Gasteiger partial charge in [-0.15, -0.1) is 0 Å². The van der Waals surface area contributed by atoms with Crippen LogP contribution < -0.4 is 4.74 Å². The molecule has 1 N–H and O–H groups in total. The fraction of sp³-hybridized carbons (Fsp3) is 0.615. The predicted octanol–water partition coefficient (Wildman–Crippen LogP) is 0.491. The molecule has 0 bridgehead atoms. The van der Waals surface area contributed by atoms with E-state index >= 15 is 0 Å². The van der Waals surface area contributed by atoms with Gasteiger partial charge in [0.15, 0.2) is 12.4 Å². The number of aryl methyl sites for hydroxylation is 2. The average molecular weight is 281 g/mol. The Hall–Kier alpha value is -2.05. The van der Waals surface area contributed by atoms with Gasteiger partial charge in [0, 0.05) is 13.6 Å². The Labute approximate surface area is 117 Å². The molecule has 1 amide bonds. The summed E-state index contributed by atoms with van der Waals surface area (Å²) >= 11 is 0. The van der Waals surface area contributed by atoms with E-state index in [4.69, 9.17) is 9.84 Å². The Balaban J connectivity index is 2.00. The van der Waals surface area contributed by atoms with Gasteiger partial charge in [-0.05, 0) is 26.7 Å². The molecular weight excluding hydrogens is 262 g/mol. The van der Waals surface area contributed by atoms with Gasteiger partial charge in [-0.1, -0.05) is 0 Å². The number of amides is 1. The molecule has 0 saturated carbocycles. The van der Waals surface area contributed by atoms with E-state index in [-0.39, 0.29) is 12.5 Å². The fourth-order valence-corrected chi connectivity index (χ4v) is 2.50. The van der Waals surface area contributed by atoms with Gasteiger partial charge in [0.25, 0.3) is 5.91 Å². The first-order valence-electron chi connectivity index (χ1n) is 6.57. The van der Waals surface area contributed by atoms with Crippen LogP contribution >= 0.6 is 0 Å². The van der Waals surface area contributed by atoms with Crippen LogP contribution in [0, 0.1) is 13.8 Å². The van der Waals surface area contributed by atoms with Crippen molar-refractivity contribution in [2.75, 3.05) is 13.2 Å². The number of rotatable bonds is 4. The summed E-state index contributed by atoms with van der Waals surface area (Å²) < 4.78 is 7.21. The number of hydrogen-bond acceptors (Lipinski definition) is 4. The summed E-state index contributed by atoms with van der Waals surface area (Å²) in [6, 6.07) is -0.720. The molecule has 1 aromatic rings. The number of nitrogens with zero attached hydrogens (tertiary/aromatic N) is 3. The van der Waals surface area contributed by atoms with Gasteiger partial charge in [-0.3, -0.25) is 9.48 Å². The lowest BCUT2D eigenvalue weighted by molar-refractivity contribution is -0.149. The van der Waals surface area contributed by atoms with Crippen molar-refractivity contribution < 1.29 is 19.4 Å². The molecule has 110 valence electrons. The summed E-state index contributed by atoms with van der Waals surface area (Å²) in [4.78, 5) is 24.5. The van der Waals surface area contributed by atoms with Gasteiger partial charge < -0.3 is 14.7 Å². The molecule has 2 rings (SSSR count). The first-order valence-corrected chi connectivity index (χ1v) is 6.57. The second-order valence-corrected chi connectivity index (χ2v) is 5.00. The molecule has 1 fully saturated rings. The molecule has 0 unspecified atom stereocenters. The minimum atomic E-state index is -0.954. The predicted molar refractivity (Wildman–Crippen MR) is 70.5 cm³/mol. The van der Waals surface area contributed by atoms with E-state index in [0.29, 0.717) is 30.8 Å². The van der Waals surface area contributed by atoms with E-state index in [1.165, 1.54) is 4.90 Å². The molecule has 1 saturated heterocycles. The van der Waals surface area contributed by atoms with Gasteiger partial charge in [0.2, 0.25) is 0 Å². The van der Waals surface area contributed by atoms with Gasteiger partial charge in [0.1, 0.15) is 11.7 Å². The first kappa shape index (κ1) is 14.4. The highest BCUT2D eigenvalue weighted by Gasteiger charge is 2.34. The lowest BCUT2D eigenvalue weighted by Crippen LogP contribution is -2.42. The van der Waals surface area contributed by atoms with Crippen LogP contribution in [0.2, 0.25) is 0 Å². The second-order valence-electron chi connectivity index (χ2n) is 5.00. The Bertz CT molecular complexity index is 538. The van der Waals surface area contributed by atoms with Crippen LogP contribution in [-0.2, 0) is 16.6 Å². The maximum atomic E-state index is 12.1. The molecule has 7 heteroatoms. The summed E-state index contributed by atoms with van der Waals surface area (Å²) in [6.07, 6.45) is 1.22. The molecule has 0 aliphatic carbocycles. The maximum Gasteiger partial charge on any atom is 0.326 e. The summed E-state index contributed by atoms with van der Waals surface area (Å²) in [5.74, 6) is -0.658. The van der Waals surface area contributed by atoms with Crippen LogP contribution in [0.4, 0.5) is 0 Å². The third kappa shape index (κ3) is 2.61. The van der Waals surface area contributed by atoms with Crippen molar-refractivity contribution in [3.8, 4) is 5.75 Å². The number of ether oxygens (including phenoxy) is 1. The number of aromatic nitrogens is 2. The zero-order valence-electron chi connectivity index (χ0n) is 11.9. The van der Waals surface area contributed by atoms with Crippen molar-refractivity contribution in [2.24, 2.45) is 7.05 Å². The van der Waals surface area contributed by atoms with E-state index in [0.717, 1.165) is 5.69 Å². The van der Waals surface area contributed by atoms with Crippen LogP contribution in [0.3, 0.4) is 0 Å². The zero-order chi connectivity index (χ0) is 14.9. The summed E-state index contributed by atoms with van der Waals surface area (Å²) in [6.45, 7) is 3.99. The Morgan fingerprint density at radius 2 is 2.15 bits per heavy atom. The Kier molecular flexibility index (Phi) is 3.96. The summed E-state index contributed by atoms with van der Waals surface area (Å²) in [5.41, 5.74) is 1.56. The van der Waals surface area contributed by atoms with Crippen molar-refractivity contribution >= 4 is 11.9 Å². The third-order valence-electron chi connectivity index (χ3n) is 3.64. The van der Waals surface area contributed by atoms with Crippen LogP contribution in [0.5, 0.6) is 5.75 Å². The monoisotopic (exact) mass is 281 g/mol. The standard InChI is InChI=1S/C13H19N3O4/c1-8-12(9(2)15(3)14-8)20-7-11(17)16-6-4-5-10(16)13(18)19/h10H,4-7H2,1-3H3,(H,18,19)/t10-/m1/s1. The smallest absolute Gasteiger partial charge is 0.326 e. The van der Waals surface area contributed by atoms with Crippen LogP contribution in [0.15, 0.2) is 0 Å². The van der Waals surface area contributed by atoms with E-state index in [9.17, 15) is 9.59 Å². The molecule has 0 radical (unpaired) electrons. The SMILES string of the molecule is Cc1nn(C)c(C)c1OCC(=O)N1CCC[C@@H]1C(=O)O. The molecular formula is C13H19N3O4. The van der Waals surface area contributed by atoms with Gasteiger partial charge in [0.05, 0.1) is 5.69 Å². The van der Waals surface area contributed by atoms with Gasteiger partial charge in [-0.25, -0.2) is 4.79 Å². The van der Waals surface area contributed by atoms with Crippen LogP contribution in [-0.4, -0.2) is 50.9 Å². The highest BCUT2D eigenvalue weighted by Crippen LogP contribution is 2.22. The second kappa shape index (κ2) is 5.52. The van der Waals surface area contributed by atoms with Crippen molar-refractivity contribution in [1.29, 1.82) is 0 Å². The van der Waals surface area contributed by atoms with Crippen LogP contribution in [0.25, 0.3) is 0 Å². The van der Waals surface area contributed by atoms with Gasteiger partial charge in [-0.2, -0.15) is 5.10 Å². The first-order chi connectivity index (χ1) is 9.41. The lowest BCUT2D eigenvalue weighted by Gasteiger charge is -2.21. The molecule has 2 heterocycles. The largest absolute Gasteiger partial charge is 0.480 e. The van der Waals surface area contributed by atoms with E-state index < -0.39 is 12.0 Å². The van der Waals surface area contributed by atoms with Crippen LogP contribution in [0.1, 0.15) is 24.2 Å². The lowest BCUT2D eigenvalue weighted by atomic mass is 10.2. The number of carboxylic acid groups (broad SMARTS) is 1.